The number of aliphatic hydroxyl groups is 2. The minimum absolute atomic E-state index is 0.00661. The lowest BCUT2D eigenvalue weighted by Gasteiger charge is -2.51. The van der Waals surface area contributed by atoms with E-state index < -0.39 is 43.6 Å². The Morgan fingerprint density at radius 1 is 0.972 bits per heavy atom. The van der Waals surface area contributed by atoms with Gasteiger partial charge in [0, 0.05) is 11.5 Å². The fraction of sp³-hybridized carbons (Fsp3) is 0.667. The molecule has 36 heavy (non-hydrogen) atoms. The first-order valence-electron chi connectivity index (χ1n) is 13.8. The maximum absolute atomic E-state index is 10.7. The lowest BCUT2D eigenvalue weighted by atomic mass is 9.92. The molecule has 2 fully saturated rings. The number of allylic oxidation sites excluding steroid dienone is 3. The first-order valence-corrected chi connectivity index (χ1v) is 13.8. The summed E-state index contributed by atoms with van der Waals surface area (Å²) in [5.74, 6) is -0.00661. The van der Waals surface area contributed by atoms with Crippen LogP contribution in [0.3, 0.4) is 0 Å². The maximum Gasteiger partial charge on any atom is 0.184 e. The Kier molecular flexibility index (Phi) is 11.6. The molecular formula is C30H46O6. The van der Waals surface area contributed by atoms with E-state index in [1.54, 1.807) is 0 Å². The predicted molar refractivity (Wildman–Crippen MR) is 141 cm³/mol. The first-order chi connectivity index (χ1) is 17.4. The number of rotatable bonds is 12. The topological polar surface area (TPSA) is 77.4 Å². The highest BCUT2D eigenvalue weighted by molar-refractivity contribution is 5.24. The van der Waals surface area contributed by atoms with Crippen LogP contribution in [-0.2, 0) is 25.4 Å². The number of aliphatic hydroxyl groups excluding tert-OH is 2. The number of fused-ring (bicyclic) bond motifs is 1. The van der Waals surface area contributed by atoms with Crippen molar-refractivity contribution in [3.8, 4) is 0 Å². The standard InChI is InChI=1S/C30H46O6/c1-6-10-21(9-4)14-13-20(5)29-33-25(12-8-3)27-28(36-29)26(24(32)19-31)34-30(35-27)23-17-15-22(11-7-2)16-18-23/h9,13-18,20,24-32H,6-8,10-12,19H2,1-5H3/b14-13-,21-9-. The van der Waals surface area contributed by atoms with Gasteiger partial charge in [-0.25, -0.2) is 0 Å². The zero-order valence-electron chi connectivity index (χ0n) is 22.6. The molecule has 8 atom stereocenters. The van der Waals surface area contributed by atoms with Crippen LogP contribution in [0.15, 0.2) is 48.1 Å². The van der Waals surface area contributed by atoms with E-state index in [1.807, 2.05) is 12.1 Å². The molecule has 1 aromatic carbocycles. The molecule has 0 amide bonds. The van der Waals surface area contributed by atoms with Crippen molar-refractivity contribution in [2.75, 3.05) is 6.61 Å². The molecule has 2 N–H and O–H groups in total. The van der Waals surface area contributed by atoms with E-state index in [4.69, 9.17) is 18.9 Å². The number of ether oxygens (including phenoxy) is 4. The Morgan fingerprint density at radius 2 is 1.72 bits per heavy atom. The van der Waals surface area contributed by atoms with Gasteiger partial charge in [-0.3, -0.25) is 0 Å². The van der Waals surface area contributed by atoms with Crippen LogP contribution in [0.1, 0.15) is 84.1 Å². The Hall–Kier alpha value is -1.54. The summed E-state index contributed by atoms with van der Waals surface area (Å²) in [4.78, 5) is 0. The zero-order valence-corrected chi connectivity index (χ0v) is 22.6. The van der Waals surface area contributed by atoms with Gasteiger partial charge in [0.1, 0.15) is 24.4 Å². The predicted octanol–water partition coefficient (Wildman–Crippen LogP) is 5.62. The summed E-state index contributed by atoms with van der Waals surface area (Å²) in [5.41, 5.74) is 3.43. The fourth-order valence-corrected chi connectivity index (χ4v) is 4.99. The monoisotopic (exact) mass is 502 g/mol. The average Bonchev–Trinajstić information content (AvgIpc) is 2.90. The number of hydrogen-bond acceptors (Lipinski definition) is 6. The Balaban J connectivity index is 1.83. The SMILES string of the molecule is C/C=C(\C=C/C(C)C1OC(CCC)C2OC(c3ccc(CCC)cc3)OC(C(O)CO)C2O1)CCC. The lowest BCUT2D eigenvalue weighted by molar-refractivity contribution is -0.392. The highest BCUT2D eigenvalue weighted by Crippen LogP contribution is 2.40. The fourth-order valence-electron chi connectivity index (χ4n) is 4.99. The van der Waals surface area contributed by atoms with Crippen LogP contribution in [0, 0.1) is 5.92 Å². The van der Waals surface area contributed by atoms with Crippen molar-refractivity contribution < 1.29 is 29.2 Å². The molecule has 0 aliphatic carbocycles. The van der Waals surface area contributed by atoms with Crippen LogP contribution in [0.4, 0.5) is 0 Å². The third kappa shape index (κ3) is 7.27. The molecule has 2 aliphatic rings. The lowest BCUT2D eigenvalue weighted by Crippen LogP contribution is -2.63. The summed E-state index contributed by atoms with van der Waals surface area (Å²) < 4.78 is 25.6. The van der Waals surface area contributed by atoms with Crippen LogP contribution < -0.4 is 0 Å². The molecule has 202 valence electrons. The van der Waals surface area contributed by atoms with Crippen molar-refractivity contribution >= 4 is 0 Å². The third-order valence-electron chi connectivity index (χ3n) is 7.06. The van der Waals surface area contributed by atoms with E-state index in [0.29, 0.717) is 0 Å². The highest BCUT2D eigenvalue weighted by atomic mass is 16.8. The quantitative estimate of drug-likeness (QED) is 0.361. The average molecular weight is 503 g/mol. The molecule has 3 rings (SSSR count). The summed E-state index contributed by atoms with van der Waals surface area (Å²) in [6.45, 7) is 10.2. The molecule has 0 aromatic heterocycles. The summed E-state index contributed by atoms with van der Waals surface area (Å²) in [7, 11) is 0. The van der Waals surface area contributed by atoms with Gasteiger partial charge in [0.05, 0.1) is 12.7 Å². The number of hydrogen-bond donors (Lipinski definition) is 2. The summed E-state index contributed by atoms with van der Waals surface area (Å²) in [5, 5.41) is 20.6. The van der Waals surface area contributed by atoms with Gasteiger partial charge in [-0.2, -0.15) is 0 Å². The van der Waals surface area contributed by atoms with Crippen LogP contribution in [0.5, 0.6) is 0 Å². The van der Waals surface area contributed by atoms with Crippen molar-refractivity contribution in [1.29, 1.82) is 0 Å². The molecule has 6 heteroatoms. The molecule has 0 bridgehead atoms. The van der Waals surface area contributed by atoms with Crippen molar-refractivity contribution in [2.45, 2.75) is 116 Å². The van der Waals surface area contributed by atoms with Crippen molar-refractivity contribution in [3.63, 3.8) is 0 Å². The van der Waals surface area contributed by atoms with Gasteiger partial charge in [0.25, 0.3) is 0 Å². The zero-order chi connectivity index (χ0) is 26.1. The van der Waals surface area contributed by atoms with Gasteiger partial charge in [0.15, 0.2) is 12.6 Å². The second kappa shape index (κ2) is 14.4. The van der Waals surface area contributed by atoms with Crippen LogP contribution >= 0.6 is 0 Å². The Morgan fingerprint density at radius 3 is 2.33 bits per heavy atom. The van der Waals surface area contributed by atoms with E-state index in [2.05, 4.69) is 65.0 Å². The second-order valence-electron chi connectivity index (χ2n) is 10.0. The molecule has 0 radical (unpaired) electrons. The van der Waals surface area contributed by atoms with E-state index >= 15 is 0 Å². The minimum Gasteiger partial charge on any atom is -0.394 e. The number of aryl methyl sites for hydroxylation is 1. The van der Waals surface area contributed by atoms with Crippen molar-refractivity contribution in [2.24, 2.45) is 5.92 Å². The number of benzene rings is 1. The third-order valence-corrected chi connectivity index (χ3v) is 7.06. The molecule has 2 saturated heterocycles. The summed E-state index contributed by atoms with van der Waals surface area (Å²) in [6, 6.07) is 8.22. The molecule has 0 saturated carbocycles. The smallest absolute Gasteiger partial charge is 0.184 e. The summed E-state index contributed by atoms with van der Waals surface area (Å²) >= 11 is 0. The van der Waals surface area contributed by atoms with Crippen LogP contribution in [0.2, 0.25) is 0 Å². The van der Waals surface area contributed by atoms with Crippen LogP contribution in [0.25, 0.3) is 0 Å². The minimum atomic E-state index is -1.09. The van der Waals surface area contributed by atoms with Gasteiger partial charge >= 0.3 is 0 Å². The largest absolute Gasteiger partial charge is 0.394 e. The highest BCUT2D eigenvalue weighted by Gasteiger charge is 2.52. The normalized spacial score (nSPS) is 30.8. The van der Waals surface area contributed by atoms with Gasteiger partial charge in [-0.15, -0.1) is 0 Å². The molecule has 6 nitrogen and oxygen atoms in total. The Bertz CT molecular complexity index is 834. The first kappa shape index (κ1) is 29.0. The molecule has 1 aromatic rings. The van der Waals surface area contributed by atoms with Gasteiger partial charge in [-0.05, 0) is 31.7 Å². The van der Waals surface area contributed by atoms with E-state index in [1.165, 1.54) is 11.1 Å². The Labute approximate surface area is 217 Å². The summed E-state index contributed by atoms with van der Waals surface area (Å²) in [6.07, 6.45) is 8.21. The van der Waals surface area contributed by atoms with E-state index in [9.17, 15) is 10.2 Å². The molecule has 8 unspecified atom stereocenters. The van der Waals surface area contributed by atoms with Gasteiger partial charge in [-0.1, -0.05) is 95.0 Å². The second-order valence-corrected chi connectivity index (χ2v) is 10.0. The maximum atomic E-state index is 10.7. The van der Waals surface area contributed by atoms with E-state index in [0.717, 1.165) is 44.1 Å². The van der Waals surface area contributed by atoms with E-state index in [-0.39, 0.29) is 12.0 Å². The van der Waals surface area contributed by atoms with Crippen molar-refractivity contribution in [1.82, 2.24) is 0 Å². The van der Waals surface area contributed by atoms with Crippen molar-refractivity contribution in [3.05, 3.63) is 59.2 Å². The molecule has 2 aliphatic heterocycles. The van der Waals surface area contributed by atoms with Gasteiger partial charge < -0.3 is 29.2 Å². The van der Waals surface area contributed by atoms with Crippen LogP contribution in [-0.4, -0.2) is 53.6 Å². The van der Waals surface area contributed by atoms with Gasteiger partial charge in [0.2, 0.25) is 0 Å². The molecule has 0 spiro atoms. The molecular weight excluding hydrogens is 456 g/mol. The molecule has 2 heterocycles.